The van der Waals surface area contributed by atoms with Crippen LogP contribution in [-0.4, -0.2) is 32.4 Å². The number of aromatic nitrogens is 3. The van der Waals surface area contributed by atoms with Crippen molar-refractivity contribution in [2.45, 2.75) is 25.8 Å². The highest BCUT2D eigenvalue weighted by Crippen LogP contribution is 2.36. The molecular weight excluding hydrogens is 421 g/mol. The molecule has 0 saturated carbocycles. The first-order valence-electron chi connectivity index (χ1n) is 9.82. The van der Waals surface area contributed by atoms with Crippen molar-refractivity contribution in [1.29, 1.82) is 0 Å². The minimum Gasteiger partial charge on any atom is -0.396 e. The van der Waals surface area contributed by atoms with Crippen LogP contribution in [0.25, 0.3) is 0 Å². The number of rotatable bonds is 6. The molecule has 1 amide bonds. The lowest BCUT2D eigenvalue weighted by molar-refractivity contribution is -0.113. The Labute approximate surface area is 183 Å². The highest BCUT2D eigenvalue weighted by molar-refractivity contribution is 6.30. The van der Waals surface area contributed by atoms with E-state index in [2.05, 4.69) is 20.7 Å². The molecule has 0 spiro atoms. The molecule has 2 aromatic carbocycles. The lowest BCUT2D eigenvalue weighted by Gasteiger charge is -2.28. The topological polar surface area (TPSA) is 92.1 Å². The van der Waals surface area contributed by atoms with Crippen molar-refractivity contribution in [1.82, 2.24) is 14.8 Å². The molecule has 3 aromatic rings. The Bertz CT molecular complexity index is 1130. The number of nitrogens with one attached hydrogen (secondary N) is 2. The zero-order valence-corrected chi connectivity index (χ0v) is 17.5. The fraction of sp³-hybridized carbons (Fsp3) is 0.227. The molecule has 0 fully saturated rings. The largest absolute Gasteiger partial charge is 0.396 e. The van der Waals surface area contributed by atoms with E-state index in [1.807, 2.05) is 0 Å². The number of anilines is 2. The Morgan fingerprint density at radius 1 is 1.23 bits per heavy atom. The molecule has 3 N–H and O–H groups in total. The van der Waals surface area contributed by atoms with E-state index in [1.54, 1.807) is 48.0 Å². The third kappa shape index (κ3) is 4.45. The van der Waals surface area contributed by atoms with Crippen LogP contribution in [0.3, 0.4) is 0 Å². The van der Waals surface area contributed by atoms with E-state index in [-0.39, 0.29) is 18.3 Å². The Hall–Kier alpha value is -3.23. The third-order valence-electron chi connectivity index (χ3n) is 4.99. The molecule has 1 aromatic heterocycles. The molecule has 4 rings (SSSR count). The fourth-order valence-corrected chi connectivity index (χ4v) is 3.64. The first-order valence-corrected chi connectivity index (χ1v) is 10.2. The predicted molar refractivity (Wildman–Crippen MR) is 116 cm³/mol. The average molecular weight is 442 g/mol. The van der Waals surface area contributed by atoms with Crippen molar-refractivity contribution in [2.24, 2.45) is 0 Å². The SMILES string of the molecule is CC1=C(C(=O)Nc2ccc(Cl)cc2)C(c2ccc(F)cc2)n2nc(CCCO)nc2N1. The normalized spacial score (nSPS) is 15.4. The number of amides is 1. The smallest absolute Gasteiger partial charge is 0.255 e. The second-order valence-corrected chi connectivity index (χ2v) is 7.64. The minimum absolute atomic E-state index is 0.0325. The lowest BCUT2D eigenvalue weighted by Crippen LogP contribution is -2.31. The highest BCUT2D eigenvalue weighted by atomic mass is 35.5. The number of fused-ring (bicyclic) bond motifs is 1. The first kappa shape index (κ1) is 21.0. The number of aliphatic hydroxyl groups excluding tert-OH is 1. The molecule has 1 aliphatic heterocycles. The van der Waals surface area contributed by atoms with Gasteiger partial charge >= 0.3 is 0 Å². The minimum atomic E-state index is -0.598. The van der Waals surface area contributed by atoms with Gasteiger partial charge in [0.15, 0.2) is 5.82 Å². The summed E-state index contributed by atoms with van der Waals surface area (Å²) in [6, 6.07) is 12.2. The van der Waals surface area contributed by atoms with Gasteiger partial charge in [-0.05, 0) is 55.3 Å². The summed E-state index contributed by atoms with van der Waals surface area (Å²) >= 11 is 5.93. The Balaban J connectivity index is 1.74. The van der Waals surface area contributed by atoms with Gasteiger partial charge < -0.3 is 15.7 Å². The molecule has 0 bridgehead atoms. The maximum Gasteiger partial charge on any atom is 0.255 e. The van der Waals surface area contributed by atoms with Gasteiger partial charge in [0.25, 0.3) is 5.91 Å². The van der Waals surface area contributed by atoms with Gasteiger partial charge in [0.05, 0.1) is 5.57 Å². The molecule has 2 heterocycles. The third-order valence-corrected chi connectivity index (χ3v) is 5.24. The number of hydrogen-bond donors (Lipinski definition) is 3. The van der Waals surface area contributed by atoms with Crippen LogP contribution in [0.2, 0.25) is 5.02 Å². The maximum absolute atomic E-state index is 13.6. The van der Waals surface area contributed by atoms with Crippen molar-refractivity contribution < 1.29 is 14.3 Å². The summed E-state index contributed by atoms with van der Waals surface area (Å²) in [4.78, 5) is 17.8. The van der Waals surface area contributed by atoms with Crippen LogP contribution in [0.5, 0.6) is 0 Å². The van der Waals surface area contributed by atoms with E-state index in [0.717, 1.165) is 0 Å². The molecular formula is C22H21ClFN5O2. The molecule has 9 heteroatoms. The van der Waals surface area contributed by atoms with Gasteiger partial charge in [-0.15, -0.1) is 0 Å². The number of allylic oxidation sites excluding steroid dienone is 1. The maximum atomic E-state index is 13.6. The zero-order valence-electron chi connectivity index (χ0n) is 16.8. The molecule has 0 radical (unpaired) electrons. The van der Waals surface area contributed by atoms with E-state index in [4.69, 9.17) is 16.7 Å². The van der Waals surface area contributed by atoms with Crippen molar-refractivity contribution in [3.05, 3.63) is 82.0 Å². The Morgan fingerprint density at radius 3 is 2.61 bits per heavy atom. The van der Waals surface area contributed by atoms with Crippen molar-refractivity contribution in [3.63, 3.8) is 0 Å². The van der Waals surface area contributed by atoms with Gasteiger partial charge in [-0.2, -0.15) is 10.1 Å². The second-order valence-electron chi connectivity index (χ2n) is 7.20. The van der Waals surface area contributed by atoms with Crippen LogP contribution in [-0.2, 0) is 11.2 Å². The number of aliphatic hydroxyl groups is 1. The fourth-order valence-electron chi connectivity index (χ4n) is 3.52. The quantitative estimate of drug-likeness (QED) is 0.539. The zero-order chi connectivity index (χ0) is 22.0. The molecule has 0 saturated heterocycles. The number of carbonyl (C=O) groups is 1. The Morgan fingerprint density at radius 2 is 1.94 bits per heavy atom. The molecule has 7 nitrogen and oxygen atoms in total. The van der Waals surface area contributed by atoms with Gasteiger partial charge in [0, 0.05) is 29.4 Å². The van der Waals surface area contributed by atoms with Gasteiger partial charge in [-0.3, -0.25) is 4.79 Å². The van der Waals surface area contributed by atoms with Crippen LogP contribution < -0.4 is 10.6 Å². The van der Waals surface area contributed by atoms with Crippen molar-refractivity contribution >= 4 is 29.1 Å². The second kappa shape index (κ2) is 8.87. The van der Waals surface area contributed by atoms with E-state index in [1.165, 1.54) is 12.1 Å². The standard InChI is InChI=1S/C22H21ClFN5O2/c1-13-19(21(31)26-17-10-6-15(23)7-11-17)20(14-4-8-16(24)9-5-14)29-22(25-13)27-18(28-29)3-2-12-30/h4-11,20,30H,2-3,12H2,1H3,(H,26,31)(H,25,27,28). The monoisotopic (exact) mass is 441 g/mol. The number of halogens is 2. The number of hydrogen-bond acceptors (Lipinski definition) is 5. The summed E-state index contributed by atoms with van der Waals surface area (Å²) in [5.41, 5.74) is 2.35. The first-order chi connectivity index (χ1) is 15.0. The number of carbonyl (C=O) groups excluding carboxylic acids is 1. The van der Waals surface area contributed by atoms with Crippen LogP contribution in [0.4, 0.5) is 16.0 Å². The van der Waals surface area contributed by atoms with Crippen molar-refractivity contribution in [3.8, 4) is 0 Å². The van der Waals surface area contributed by atoms with Gasteiger partial charge in [-0.1, -0.05) is 23.7 Å². The van der Waals surface area contributed by atoms with Gasteiger partial charge in [0.1, 0.15) is 11.9 Å². The van der Waals surface area contributed by atoms with E-state index in [9.17, 15) is 9.18 Å². The molecule has 1 unspecified atom stereocenters. The van der Waals surface area contributed by atoms with Crippen LogP contribution in [0, 0.1) is 5.82 Å². The number of aryl methyl sites for hydroxylation is 1. The summed E-state index contributed by atoms with van der Waals surface area (Å²) < 4.78 is 15.2. The van der Waals surface area contributed by atoms with E-state index >= 15 is 0 Å². The van der Waals surface area contributed by atoms with Crippen LogP contribution >= 0.6 is 11.6 Å². The Kier molecular flexibility index (Phi) is 6.01. The van der Waals surface area contributed by atoms with Crippen LogP contribution in [0.15, 0.2) is 59.8 Å². The van der Waals surface area contributed by atoms with E-state index < -0.39 is 6.04 Å². The van der Waals surface area contributed by atoms with E-state index in [0.29, 0.717) is 52.2 Å². The summed E-state index contributed by atoms with van der Waals surface area (Å²) in [6.07, 6.45) is 1.03. The summed E-state index contributed by atoms with van der Waals surface area (Å²) in [7, 11) is 0. The molecule has 1 aliphatic rings. The summed E-state index contributed by atoms with van der Waals surface area (Å²) in [5.74, 6) is 0.353. The predicted octanol–water partition coefficient (Wildman–Crippen LogP) is 3.92. The highest BCUT2D eigenvalue weighted by Gasteiger charge is 2.34. The molecule has 31 heavy (non-hydrogen) atoms. The number of benzene rings is 2. The van der Waals surface area contributed by atoms with Crippen molar-refractivity contribution in [2.75, 3.05) is 17.2 Å². The van der Waals surface area contributed by atoms with Gasteiger partial charge in [0.2, 0.25) is 5.95 Å². The van der Waals surface area contributed by atoms with Gasteiger partial charge in [-0.25, -0.2) is 9.07 Å². The average Bonchev–Trinajstić information content (AvgIpc) is 3.15. The van der Waals surface area contributed by atoms with Crippen LogP contribution in [0.1, 0.15) is 30.8 Å². The molecule has 1 atom stereocenters. The lowest BCUT2D eigenvalue weighted by atomic mass is 9.95. The summed E-state index contributed by atoms with van der Waals surface area (Å²) in [6.45, 7) is 1.82. The molecule has 160 valence electrons. The molecule has 0 aliphatic carbocycles. The summed E-state index contributed by atoms with van der Waals surface area (Å²) in [5, 5.41) is 20.3. The number of nitrogens with zero attached hydrogens (tertiary/aromatic N) is 3.